The standard InChI is InChI=1S/C13H20N2O2.ClH/c1-10(14-2)8-15-13(16)12-7-5-4-6-11(12)9-17-3;/h4-7,10,14H,8-9H2,1-3H3,(H,15,16);1H. The van der Waals surface area contributed by atoms with Crippen molar-refractivity contribution in [1.29, 1.82) is 0 Å². The molecule has 0 radical (unpaired) electrons. The highest BCUT2D eigenvalue weighted by molar-refractivity contribution is 5.95. The van der Waals surface area contributed by atoms with Crippen molar-refractivity contribution in [1.82, 2.24) is 10.6 Å². The number of hydrogen-bond donors (Lipinski definition) is 2. The molecule has 0 saturated carbocycles. The summed E-state index contributed by atoms with van der Waals surface area (Å²) in [5, 5.41) is 5.96. The molecule has 102 valence electrons. The summed E-state index contributed by atoms with van der Waals surface area (Å²) in [4.78, 5) is 12.0. The fourth-order valence-corrected chi connectivity index (χ4v) is 1.47. The lowest BCUT2D eigenvalue weighted by atomic mass is 10.1. The van der Waals surface area contributed by atoms with Crippen molar-refractivity contribution >= 4 is 18.3 Å². The van der Waals surface area contributed by atoms with E-state index in [1.54, 1.807) is 7.11 Å². The van der Waals surface area contributed by atoms with E-state index in [0.29, 0.717) is 18.7 Å². The van der Waals surface area contributed by atoms with E-state index in [1.807, 2.05) is 38.2 Å². The number of nitrogens with one attached hydrogen (secondary N) is 2. The summed E-state index contributed by atoms with van der Waals surface area (Å²) in [6.07, 6.45) is 0. The average Bonchev–Trinajstić information content (AvgIpc) is 2.36. The van der Waals surface area contributed by atoms with E-state index in [4.69, 9.17) is 4.74 Å². The minimum atomic E-state index is -0.0558. The van der Waals surface area contributed by atoms with Gasteiger partial charge in [0.25, 0.3) is 5.91 Å². The highest BCUT2D eigenvalue weighted by atomic mass is 35.5. The van der Waals surface area contributed by atoms with Crippen molar-refractivity contribution < 1.29 is 9.53 Å². The summed E-state index contributed by atoms with van der Waals surface area (Å²) >= 11 is 0. The molecular weight excluding hydrogens is 252 g/mol. The lowest BCUT2D eigenvalue weighted by Gasteiger charge is -2.13. The summed E-state index contributed by atoms with van der Waals surface area (Å²) in [6, 6.07) is 7.73. The van der Waals surface area contributed by atoms with Gasteiger partial charge in [0.1, 0.15) is 0 Å². The third-order valence-corrected chi connectivity index (χ3v) is 2.62. The molecule has 0 aromatic heterocycles. The van der Waals surface area contributed by atoms with E-state index in [-0.39, 0.29) is 24.4 Å². The van der Waals surface area contributed by atoms with Crippen LogP contribution in [0, 0.1) is 0 Å². The SMILES string of the molecule is CNC(C)CNC(=O)c1ccccc1COC.Cl. The van der Waals surface area contributed by atoms with Crippen LogP contribution in [0.2, 0.25) is 0 Å². The van der Waals surface area contributed by atoms with Crippen LogP contribution in [0.1, 0.15) is 22.8 Å². The summed E-state index contributed by atoms with van der Waals surface area (Å²) in [5.41, 5.74) is 1.59. The fourth-order valence-electron chi connectivity index (χ4n) is 1.47. The van der Waals surface area contributed by atoms with Gasteiger partial charge in [0.15, 0.2) is 0 Å². The van der Waals surface area contributed by atoms with Crippen LogP contribution in [-0.4, -0.2) is 32.7 Å². The van der Waals surface area contributed by atoms with Crippen molar-refractivity contribution in [3.63, 3.8) is 0 Å². The minimum Gasteiger partial charge on any atom is -0.380 e. The van der Waals surface area contributed by atoms with Gasteiger partial charge in [-0.15, -0.1) is 12.4 Å². The van der Waals surface area contributed by atoms with Crippen LogP contribution < -0.4 is 10.6 Å². The molecule has 1 atom stereocenters. The Morgan fingerprint density at radius 3 is 2.67 bits per heavy atom. The van der Waals surface area contributed by atoms with Gasteiger partial charge in [0.2, 0.25) is 0 Å². The van der Waals surface area contributed by atoms with E-state index in [9.17, 15) is 4.79 Å². The predicted molar refractivity (Wildman–Crippen MR) is 75.3 cm³/mol. The van der Waals surface area contributed by atoms with Gasteiger partial charge < -0.3 is 15.4 Å². The molecule has 1 rings (SSSR count). The maximum Gasteiger partial charge on any atom is 0.251 e. The van der Waals surface area contributed by atoms with Gasteiger partial charge >= 0.3 is 0 Å². The van der Waals surface area contributed by atoms with Gasteiger partial charge in [-0.3, -0.25) is 4.79 Å². The molecule has 0 fully saturated rings. The first-order valence-corrected chi connectivity index (χ1v) is 5.71. The molecule has 1 aromatic rings. The Labute approximate surface area is 115 Å². The van der Waals surface area contributed by atoms with Crippen molar-refractivity contribution in [3.8, 4) is 0 Å². The third kappa shape index (κ3) is 5.04. The molecule has 0 aliphatic rings. The quantitative estimate of drug-likeness (QED) is 0.827. The van der Waals surface area contributed by atoms with Gasteiger partial charge in [-0.25, -0.2) is 0 Å². The molecule has 1 unspecified atom stereocenters. The van der Waals surface area contributed by atoms with Crippen LogP contribution >= 0.6 is 12.4 Å². The minimum absolute atomic E-state index is 0. The van der Waals surface area contributed by atoms with Crippen molar-refractivity contribution in [3.05, 3.63) is 35.4 Å². The molecule has 1 amide bonds. The number of likely N-dealkylation sites (N-methyl/N-ethyl adjacent to an activating group) is 1. The van der Waals surface area contributed by atoms with Gasteiger partial charge in [-0.05, 0) is 25.6 Å². The molecule has 2 N–H and O–H groups in total. The lowest BCUT2D eigenvalue weighted by molar-refractivity contribution is 0.0945. The van der Waals surface area contributed by atoms with Crippen molar-refractivity contribution in [2.75, 3.05) is 20.7 Å². The van der Waals surface area contributed by atoms with Crippen LogP contribution in [0.25, 0.3) is 0 Å². The Bertz CT molecular complexity index is 372. The second-order valence-corrected chi connectivity index (χ2v) is 3.99. The Hall–Kier alpha value is -1.10. The Morgan fingerprint density at radius 2 is 2.06 bits per heavy atom. The summed E-state index contributed by atoms with van der Waals surface area (Å²) in [6.45, 7) is 3.07. The molecule has 4 nitrogen and oxygen atoms in total. The average molecular weight is 273 g/mol. The maximum absolute atomic E-state index is 12.0. The number of benzene rings is 1. The normalized spacial score (nSPS) is 11.5. The molecule has 0 spiro atoms. The highest BCUT2D eigenvalue weighted by Gasteiger charge is 2.10. The molecule has 0 heterocycles. The van der Waals surface area contributed by atoms with E-state index in [0.717, 1.165) is 5.56 Å². The molecule has 1 aromatic carbocycles. The third-order valence-electron chi connectivity index (χ3n) is 2.62. The van der Waals surface area contributed by atoms with Crippen LogP contribution in [0.5, 0.6) is 0 Å². The topological polar surface area (TPSA) is 50.4 Å². The second-order valence-electron chi connectivity index (χ2n) is 3.99. The zero-order chi connectivity index (χ0) is 12.7. The lowest BCUT2D eigenvalue weighted by Crippen LogP contribution is -2.37. The fraction of sp³-hybridized carbons (Fsp3) is 0.462. The van der Waals surface area contributed by atoms with Crippen LogP contribution in [0.15, 0.2) is 24.3 Å². The molecule has 0 aliphatic carbocycles. The van der Waals surface area contributed by atoms with Gasteiger partial charge in [0.05, 0.1) is 6.61 Å². The summed E-state index contributed by atoms with van der Waals surface area (Å²) < 4.78 is 5.07. The molecule has 0 bridgehead atoms. The zero-order valence-corrected chi connectivity index (χ0v) is 11.8. The van der Waals surface area contributed by atoms with Gasteiger partial charge in [0, 0.05) is 25.3 Å². The smallest absolute Gasteiger partial charge is 0.251 e. The van der Waals surface area contributed by atoms with Crippen molar-refractivity contribution in [2.24, 2.45) is 0 Å². The Kier molecular flexibility index (Phi) is 8.37. The zero-order valence-electron chi connectivity index (χ0n) is 11.0. The number of halogens is 1. The maximum atomic E-state index is 12.0. The second kappa shape index (κ2) is 8.91. The molecular formula is C13H21ClN2O2. The number of ether oxygens (including phenoxy) is 1. The van der Waals surface area contributed by atoms with E-state index in [2.05, 4.69) is 10.6 Å². The number of carbonyl (C=O) groups is 1. The predicted octanol–water partition coefficient (Wildman–Crippen LogP) is 1.59. The van der Waals surface area contributed by atoms with E-state index >= 15 is 0 Å². The first kappa shape index (κ1) is 16.9. The number of amides is 1. The largest absolute Gasteiger partial charge is 0.380 e. The monoisotopic (exact) mass is 272 g/mol. The van der Waals surface area contributed by atoms with Crippen LogP contribution in [0.4, 0.5) is 0 Å². The van der Waals surface area contributed by atoms with Crippen LogP contribution in [-0.2, 0) is 11.3 Å². The Balaban J connectivity index is 0.00000289. The molecule has 5 heteroatoms. The Morgan fingerprint density at radius 1 is 1.39 bits per heavy atom. The molecule has 0 saturated heterocycles. The number of methoxy groups -OCH3 is 1. The van der Waals surface area contributed by atoms with Gasteiger partial charge in [-0.2, -0.15) is 0 Å². The number of carbonyl (C=O) groups excluding carboxylic acids is 1. The molecule has 18 heavy (non-hydrogen) atoms. The summed E-state index contributed by atoms with van der Waals surface area (Å²) in [7, 11) is 3.49. The summed E-state index contributed by atoms with van der Waals surface area (Å²) in [5.74, 6) is -0.0558. The first-order chi connectivity index (χ1) is 8.19. The highest BCUT2D eigenvalue weighted by Crippen LogP contribution is 2.09. The van der Waals surface area contributed by atoms with Gasteiger partial charge in [-0.1, -0.05) is 18.2 Å². The van der Waals surface area contributed by atoms with Crippen LogP contribution in [0.3, 0.4) is 0 Å². The van der Waals surface area contributed by atoms with Crippen molar-refractivity contribution in [2.45, 2.75) is 19.6 Å². The number of rotatable bonds is 6. The number of hydrogen-bond acceptors (Lipinski definition) is 3. The first-order valence-electron chi connectivity index (χ1n) is 5.71. The van der Waals surface area contributed by atoms with E-state index in [1.165, 1.54) is 0 Å². The molecule has 0 aliphatic heterocycles. The van der Waals surface area contributed by atoms with E-state index < -0.39 is 0 Å².